The van der Waals surface area contributed by atoms with Crippen LogP contribution in [0.3, 0.4) is 0 Å². The van der Waals surface area contributed by atoms with Gasteiger partial charge in [-0.3, -0.25) is 14.2 Å². The Labute approximate surface area is 239 Å². The van der Waals surface area contributed by atoms with Crippen LogP contribution in [0, 0.1) is 0 Å². The van der Waals surface area contributed by atoms with Crippen molar-refractivity contribution in [1.82, 2.24) is 18.8 Å². The molecule has 5 rings (SSSR count). The molecule has 0 radical (unpaired) electrons. The van der Waals surface area contributed by atoms with Crippen LogP contribution in [0.4, 0.5) is 11.6 Å². The average Bonchev–Trinajstić information content (AvgIpc) is 3.39. The van der Waals surface area contributed by atoms with Gasteiger partial charge in [-0.2, -0.15) is 4.31 Å². The van der Waals surface area contributed by atoms with Crippen molar-refractivity contribution >= 4 is 72.6 Å². The average molecular weight is 641 g/mol. The molecule has 0 aliphatic carbocycles. The van der Waals surface area contributed by atoms with Gasteiger partial charge < -0.3 is 4.90 Å². The van der Waals surface area contributed by atoms with Gasteiger partial charge in [0.2, 0.25) is 11.9 Å². The van der Waals surface area contributed by atoms with E-state index in [2.05, 4.69) is 20.9 Å². The molecule has 0 unspecified atom stereocenters. The number of amides is 2. The third-order valence-corrected chi connectivity index (χ3v) is 9.75. The van der Waals surface area contributed by atoms with Crippen molar-refractivity contribution in [2.45, 2.75) is 30.8 Å². The molecule has 3 heterocycles. The van der Waals surface area contributed by atoms with Crippen molar-refractivity contribution in [2.24, 2.45) is 0 Å². The first-order valence-corrected chi connectivity index (χ1v) is 14.8. The molecule has 1 saturated heterocycles. The van der Waals surface area contributed by atoms with Crippen LogP contribution in [0.1, 0.15) is 19.4 Å². The number of hydrogen-bond donors (Lipinski definition) is 0. The minimum absolute atomic E-state index is 0.0904. The largest absolute Gasteiger partial charge is 0.340 e. The van der Waals surface area contributed by atoms with E-state index in [1.807, 2.05) is 24.3 Å². The van der Waals surface area contributed by atoms with Crippen molar-refractivity contribution in [1.29, 1.82) is 0 Å². The number of hydrogen-bond acceptors (Lipinski definition) is 5. The highest BCUT2D eigenvalue weighted by atomic mass is 79.9. The molecule has 0 N–H and O–H groups in total. The number of aromatic nitrogens is 2. The first-order chi connectivity index (χ1) is 17.9. The fourth-order valence-corrected chi connectivity index (χ4v) is 7.38. The quantitative estimate of drug-likeness (QED) is 0.411. The van der Waals surface area contributed by atoms with E-state index in [1.54, 1.807) is 30.0 Å². The number of sulfonamides is 1. The van der Waals surface area contributed by atoms with Crippen LogP contribution in [0.25, 0.3) is 0 Å². The summed E-state index contributed by atoms with van der Waals surface area (Å²) in [6, 6.07) is 12.2. The molecule has 2 amide bonds. The molecule has 2 aliphatic heterocycles. The highest BCUT2D eigenvalue weighted by Gasteiger charge is 2.52. The van der Waals surface area contributed by atoms with Crippen molar-refractivity contribution in [3.63, 3.8) is 0 Å². The zero-order chi connectivity index (χ0) is 27.4. The molecular weight excluding hydrogens is 617 g/mol. The summed E-state index contributed by atoms with van der Waals surface area (Å²) in [4.78, 5) is 33.3. The zero-order valence-corrected chi connectivity index (χ0v) is 24.5. The van der Waals surface area contributed by atoms with Gasteiger partial charge in [0.1, 0.15) is 5.54 Å². The number of anilines is 2. The molecule has 13 heteroatoms. The molecule has 0 spiro atoms. The second-order valence-corrected chi connectivity index (χ2v) is 13.2. The van der Waals surface area contributed by atoms with E-state index < -0.39 is 15.6 Å². The molecular formula is C25H24BrCl2N5O4S. The highest BCUT2D eigenvalue weighted by molar-refractivity contribution is 9.10. The number of halogens is 3. The molecule has 2 aliphatic rings. The summed E-state index contributed by atoms with van der Waals surface area (Å²) in [5.41, 5.74) is -0.0936. The number of fused-ring (bicyclic) bond motifs is 1. The Balaban J connectivity index is 1.62. The first kappa shape index (κ1) is 27.1. The number of imidazole rings is 1. The lowest BCUT2D eigenvalue weighted by molar-refractivity contribution is -0.130. The Morgan fingerprint density at radius 3 is 2.24 bits per heavy atom. The lowest BCUT2D eigenvalue weighted by Gasteiger charge is -2.34. The molecule has 1 aromatic heterocycles. The number of benzene rings is 2. The molecule has 9 nitrogen and oxygen atoms in total. The van der Waals surface area contributed by atoms with Gasteiger partial charge in [-0.15, -0.1) is 0 Å². The summed E-state index contributed by atoms with van der Waals surface area (Å²) in [5.74, 6) is -0.302. The second-order valence-electron chi connectivity index (χ2n) is 9.49. The monoisotopic (exact) mass is 639 g/mol. The standard InChI is InChI=1S/C25H24BrCl2N5O4S/c1-16(34)30-7-9-31(10-8-30)38(36,37)22-15-29-24-32(21-12-19(27)11-20(28)13-21)23(35)25(2,33(22)24)14-17-3-5-18(26)6-4-17/h3-6,11-13,15H,7-10,14H2,1-2H3/t25-/m1/s1. The van der Waals surface area contributed by atoms with Crippen LogP contribution < -0.4 is 4.90 Å². The van der Waals surface area contributed by atoms with E-state index in [4.69, 9.17) is 23.2 Å². The van der Waals surface area contributed by atoms with Gasteiger partial charge in [-0.1, -0.05) is 51.3 Å². The second kappa shape index (κ2) is 9.95. The maximum atomic E-state index is 14.1. The third-order valence-electron chi connectivity index (χ3n) is 6.92. The van der Waals surface area contributed by atoms with Crippen molar-refractivity contribution < 1.29 is 18.0 Å². The summed E-state index contributed by atoms with van der Waals surface area (Å²) in [6.45, 7) is 4.04. The Hall–Kier alpha value is -2.44. The Bertz CT molecular complexity index is 1520. The zero-order valence-electron chi connectivity index (χ0n) is 20.6. The first-order valence-electron chi connectivity index (χ1n) is 11.8. The van der Waals surface area contributed by atoms with E-state index in [0.29, 0.717) is 15.7 Å². The normalized spacial score (nSPS) is 20.2. The fourth-order valence-electron chi connectivity index (χ4n) is 4.99. The van der Waals surface area contributed by atoms with Crippen LogP contribution in [0.5, 0.6) is 0 Å². The van der Waals surface area contributed by atoms with Crippen molar-refractivity contribution in [3.05, 3.63) is 68.7 Å². The molecule has 3 aromatic rings. The van der Waals surface area contributed by atoms with Crippen LogP contribution in [0.15, 0.2) is 58.2 Å². The van der Waals surface area contributed by atoms with Gasteiger partial charge >= 0.3 is 0 Å². The van der Waals surface area contributed by atoms with Gasteiger partial charge in [-0.25, -0.2) is 18.3 Å². The van der Waals surface area contributed by atoms with Crippen LogP contribution in [-0.2, 0) is 31.6 Å². The van der Waals surface area contributed by atoms with Crippen LogP contribution >= 0.6 is 39.1 Å². The summed E-state index contributed by atoms with van der Waals surface area (Å²) in [5, 5.41) is 0.569. The lowest BCUT2D eigenvalue weighted by Crippen LogP contribution is -2.50. The summed E-state index contributed by atoms with van der Waals surface area (Å²) < 4.78 is 31.5. The number of rotatable bonds is 5. The van der Waals surface area contributed by atoms with E-state index in [-0.39, 0.29) is 55.4 Å². The smallest absolute Gasteiger partial charge is 0.260 e. The van der Waals surface area contributed by atoms with Gasteiger partial charge in [0.25, 0.3) is 15.9 Å². The maximum Gasteiger partial charge on any atom is 0.260 e. The number of piperazine rings is 1. The summed E-state index contributed by atoms with van der Waals surface area (Å²) in [6.07, 6.45) is 1.50. The van der Waals surface area contributed by atoms with E-state index in [1.165, 1.54) is 26.9 Å². The van der Waals surface area contributed by atoms with Crippen LogP contribution in [0.2, 0.25) is 10.0 Å². The minimum atomic E-state index is -4.05. The molecule has 200 valence electrons. The topological polar surface area (TPSA) is 95.8 Å². The number of carbonyl (C=O) groups excluding carboxylic acids is 2. The lowest BCUT2D eigenvalue weighted by atomic mass is 9.92. The Morgan fingerprint density at radius 2 is 1.66 bits per heavy atom. The SMILES string of the molecule is CC(=O)N1CCN(S(=O)(=O)c2cnc3n2[C@](C)(Cc2ccc(Br)cc2)C(=O)N3c2cc(Cl)cc(Cl)c2)CC1. The van der Waals surface area contributed by atoms with Gasteiger partial charge in [0.05, 0.1) is 11.9 Å². The molecule has 1 atom stereocenters. The predicted octanol–water partition coefficient (Wildman–Crippen LogP) is 4.44. The Morgan fingerprint density at radius 1 is 1.05 bits per heavy atom. The summed E-state index contributed by atoms with van der Waals surface area (Å²) in [7, 11) is -4.05. The van der Waals surface area contributed by atoms with Gasteiger partial charge in [0.15, 0.2) is 5.03 Å². The van der Waals surface area contributed by atoms with Gasteiger partial charge in [0, 0.05) is 54.0 Å². The number of carbonyl (C=O) groups is 2. The highest BCUT2D eigenvalue weighted by Crippen LogP contribution is 2.45. The van der Waals surface area contributed by atoms with Gasteiger partial charge in [-0.05, 0) is 42.8 Å². The van der Waals surface area contributed by atoms with E-state index >= 15 is 0 Å². The van der Waals surface area contributed by atoms with Crippen molar-refractivity contribution in [2.75, 3.05) is 31.1 Å². The predicted molar refractivity (Wildman–Crippen MR) is 148 cm³/mol. The summed E-state index contributed by atoms with van der Waals surface area (Å²) >= 11 is 15.9. The van der Waals surface area contributed by atoms with Crippen molar-refractivity contribution in [3.8, 4) is 0 Å². The van der Waals surface area contributed by atoms with Crippen LogP contribution in [-0.4, -0.2) is 65.2 Å². The fraction of sp³-hybridized carbons (Fsp3) is 0.320. The van der Waals surface area contributed by atoms with E-state index in [0.717, 1.165) is 10.0 Å². The third kappa shape index (κ3) is 4.64. The maximum absolute atomic E-state index is 14.1. The number of nitrogens with zero attached hydrogens (tertiary/aromatic N) is 5. The molecule has 38 heavy (non-hydrogen) atoms. The minimum Gasteiger partial charge on any atom is -0.340 e. The molecule has 1 fully saturated rings. The molecule has 0 bridgehead atoms. The molecule has 0 saturated carbocycles. The van der Waals surface area contributed by atoms with E-state index in [9.17, 15) is 18.0 Å². The Kier molecular flexibility index (Phi) is 7.10. The molecule has 2 aromatic carbocycles.